The Morgan fingerprint density at radius 2 is 1.48 bits per heavy atom. The van der Waals surface area contributed by atoms with Gasteiger partial charge in [0.1, 0.15) is 6.10 Å². The van der Waals surface area contributed by atoms with Gasteiger partial charge in [-0.1, -0.05) is 96.4 Å². The summed E-state index contributed by atoms with van der Waals surface area (Å²) in [5, 5.41) is 5.60. The molecular formula is C36H58N2O6. The first-order chi connectivity index (χ1) is 21.0. The average Bonchev–Trinajstić information content (AvgIpc) is 2.97. The summed E-state index contributed by atoms with van der Waals surface area (Å²) < 4.78 is 17.1. The second kappa shape index (κ2) is 20.3. The fraction of sp³-hybridized carbons (Fsp3) is 0.694. The Bertz CT molecular complexity index is 1040. The molecule has 1 aliphatic heterocycles. The van der Waals surface area contributed by atoms with Crippen molar-refractivity contribution in [1.29, 1.82) is 0 Å². The minimum absolute atomic E-state index is 0.0655. The number of rotatable bonds is 21. The Morgan fingerprint density at radius 1 is 0.864 bits per heavy atom. The lowest BCUT2D eigenvalue weighted by Gasteiger charge is -2.44. The molecule has 1 fully saturated rings. The highest BCUT2D eigenvalue weighted by molar-refractivity contribution is 5.93. The number of ether oxygens (including phenoxy) is 3. The molecule has 0 saturated carbocycles. The monoisotopic (exact) mass is 614 g/mol. The molecule has 1 unspecified atom stereocenters. The van der Waals surface area contributed by atoms with Gasteiger partial charge in [0.15, 0.2) is 11.5 Å². The number of allylic oxidation sites excluding steroid dienone is 2. The number of para-hydroxylation sites is 2. The first-order valence-corrected chi connectivity index (χ1v) is 16.9. The molecule has 8 heteroatoms. The van der Waals surface area contributed by atoms with Crippen LogP contribution >= 0.6 is 0 Å². The number of nitrogens with one attached hydrogen (secondary N) is 2. The molecule has 0 radical (unpaired) electrons. The highest BCUT2D eigenvalue weighted by atomic mass is 16.7. The van der Waals surface area contributed by atoms with Crippen molar-refractivity contribution >= 4 is 23.5 Å². The minimum Gasteiger partial charge on any atom is -0.424 e. The number of benzene rings is 1. The zero-order chi connectivity index (χ0) is 32.3. The maximum Gasteiger partial charge on any atom is 0.311 e. The number of carbonyl (C=O) groups is 3. The van der Waals surface area contributed by atoms with Gasteiger partial charge in [-0.05, 0) is 58.1 Å². The van der Waals surface area contributed by atoms with E-state index in [0.717, 1.165) is 25.7 Å². The Hall–Kier alpha value is -2.71. The number of amides is 2. The second-order valence-electron chi connectivity index (χ2n) is 13.1. The predicted octanol–water partition coefficient (Wildman–Crippen LogP) is 8.25. The van der Waals surface area contributed by atoms with E-state index in [9.17, 15) is 14.4 Å². The van der Waals surface area contributed by atoms with E-state index in [1.807, 2.05) is 13.8 Å². The molecule has 44 heavy (non-hydrogen) atoms. The maximum atomic E-state index is 12.8. The lowest BCUT2D eigenvalue weighted by atomic mass is 9.85. The third-order valence-corrected chi connectivity index (χ3v) is 7.82. The van der Waals surface area contributed by atoms with E-state index in [-0.39, 0.29) is 30.7 Å². The molecular weight excluding hydrogens is 556 g/mol. The van der Waals surface area contributed by atoms with Gasteiger partial charge in [0.05, 0.1) is 12.3 Å². The van der Waals surface area contributed by atoms with Crippen LogP contribution in [0.4, 0.5) is 5.69 Å². The van der Waals surface area contributed by atoms with Crippen molar-refractivity contribution in [3.63, 3.8) is 0 Å². The summed E-state index contributed by atoms with van der Waals surface area (Å²) in [4.78, 5) is 37.9. The number of unbranched alkanes of at least 4 members (excludes halogenated alkanes) is 11. The first kappa shape index (κ1) is 37.5. The quantitative estimate of drug-likeness (QED) is 0.0626. The van der Waals surface area contributed by atoms with Gasteiger partial charge in [0, 0.05) is 24.8 Å². The molecule has 0 bridgehead atoms. The molecule has 0 aromatic heterocycles. The van der Waals surface area contributed by atoms with Gasteiger partial charge >= 0.3 is 5.97 Å². The molecule has 1 aromatic rings. The fourth-order valence-corrected chi connectivity index (χ4v) is 5.10. The third kappa shape index (κ3) is 15.3. The van der Waals surface area contributed by atoms with Crippen LogP contribution in [-0.2, 0) is 23.9 Å². The Kier molecular flexibility index (Phi) is 17.3. The van der Waals surface area contributed by atoms with Gasteiger partial charge in [-0.3, -0.25) is 14.4 Å². The first-order valence-electron chi connectivity index (χ1n) is 16.9. The lowest BCUT2D eigenvalue weighted by Crippen LogP contribution is -2.56. The van der Waals surface area contributed by atoms with Crippen LogP contribution in [0.15, 0.2) is 36.4 Å². The summed E-state index contributed by atoms with van der Waals surface area (Å²) in [6.07, 6.45) is 20.0. The molecule has 2 N–H and O–H groups in total. The molecule has 2 rings (SSSR count). The molecule has 0 spiro atoms. The highest BCUT2D eigenvalue weighted by Gasteiger charge is 2.45. The van der Waals surface area contributed by atoms with Crippen molar-refractivity contribution in [2.24, 2.45) is 5.41 Å². The van der Waals surface area contributed by atoms with Crippen LogP contribution < -0.4 is 15.4 Å². The molecule has 2 amide bonds. The van der Waals surface area contributed by atoms with Gasteiger partial charge < -0.3 is 24.8 Å². The summed E-state index contributed by atoms with van der Waals surface area (Å²) in [5.74, 6) is -1.40. The summed E-state index contributed by atoms with van der Waals surface area (Å²) in [6, 6.07) is 6.89. The topological polar surface area (TPSA) is 103 Å². The van der Waals surface area contributed by atoms with Crippen molar-refractivity contribution in [3.8, 4) is 5.75 Å². The SMILES string of the molecule is CCCCCCCC/C=C\CCCCCCCC(=O)Oc1ccccc1NC(=O)CCNC(=O)C1OC(C)(C)OCC1(C)C. The highest BCUT2D eigenvalue weighted by Crippen LogP contribution is 2.35. The van der Waals surface area contributed by atoms with Crippen LogP contribution in [0.2, 0.25) is 0 Å². The number of hydrogen-bond acceptors (Lipinski definition) is 6. The zero-order valence-corrected chi connectivity index (χ0v) is 28.0. The van der Waals surface area contributed by atoms with Gasteiger partial charge in [0.25, 0.3) is 0 Å². The summed E-state index contributed by atoms with van der Waals surface area (Å²) >= 11 is 0. The van der Waals surface area contributed by atoms with Crippen LogP contribution in [0.3, 0.4) is 0 Å². The largest absolute Gasteiger partial charge is 0.424 e. The second-order valence-corrected chi connectivity index (χ2v) is 13.1. The number of hydrogen-bond donors (Lipinski definition) is 2. The van der Waals surface area contributed by atoms with Gasteiger partial charge in [-0.2, -0.15) is 0 Å². The van der Waals surface area contributed by atoms with Gasteiger partial charge in [0.2, 0.25) is 11.8 Å². The van der Waals surface area contributed by atoms with Crippen LogP contribution in [-0.4, -0.2) is 42.8 Å². The van der Waals surface area contributed by atoms with Crippen molar-refractivity contribution in [2.45, 2.75) is 143 Å². The van der Waals surface area contributed by atoms with E-state index in [1.54, 1.807) is 38.1 Å². The van der Waals surface area contributed by atoms with Crippen LogP contribution in [0.1, 0.15) is 131 Å². The Labute approximate surface area is 266 Å². The van der Waals surface area contributed by atoms with Crippen molar-refractivity contribution < 1.29 is 28.6 Å². The van der Waals surface area contributed by atoms with Crippen LogP contribution in [0.5, 0.6) is 5.75 Å². The van der Waals surface area contributed by atoms with Crippen molar-refractivity contribution in [2.75, 3.05) is 18.5 Å². The van der Waals surface area contributed by atoms with Crippen LogP contribution in [0, 0.1) is 5.41 Å². The molecule has 1 heterocycles. The van der Waals surface area contributed by atoms with E-state index in [4.69, 9.17) is 14.2 Å². The molecule has 1 aromatic carbocycles. The third-order valence-electron chi connectivity index (χ3n) is 7.82. The van der Waals surface area contributed by atoms with E-state index >= 15 is 0 Å². The Balaban J connectivity index is 1.60. The van der Waals surface area contributed by atoms with Gasteiger partial charge in [-0.15, -0.1) is 0 Å². The average molecular weight is 615 g/mol. The number of esters is 1. The molecule has 248 valence electrons. The molecule has 1 atom stereocenters. The number of carbonyl (C=O) groups excluding carboxylic acids is 3. The molecule has 1 saturated heterocycles. The van der Waals surface area contributed by atoms with E-state index in [2.05, 4.69) is 29.7 Å². The van der Waals surface area contributed by atoms with Crippen LogP contribution in [0.25, 0.3) is 0 Å². The van der Waals surface area contributed by atoms with E-state index in [1.165, 1.54) is 57.8 Å². The lowest BCUT2D eigenvalue weighted by molar-refractivity contribution is -0.304. The summed E-state index contributed by atoms with van der Waals surface area (Å²) in [7, 11) is 0. The zero-order valence-electron chi connectivity index (χ0n) is 28.0. The fourth-order valence-electron chi connectivity index (χ4n) is 5.10. The van der Waals surface area contributed by atoms with E-state index < -0.39 is 17.3 Å². The van der Waals surface area contributed by atoms with E-state index in [0.29, 0.717) is 24.5 Å². The molecule has 0 aliphatic carbocycles. The normalized spacial score (nSPS) is 17.3. The standard InChI is InChI=1S/C36H58N2O6/c1-6-7-8-9-10-11-12-13-14-15-16-17-18-19-20-25-32(40)43-30-24-22-21-23-29(30)38-31(39)26-27-37-34(41)33-35(2,3)28-42-36(4,5)44-33/h13-14,21-24,33H,6-12,15-20,25-28H2,1-5H3,(H,37,41)(H,38,39)/b14-13-. The summed E-state index contributed by atoms with van der Waals surface area (Å²) in [6.45, 7) is 10.2. The molecule has 8 nitrogen and oxygen atoms in total. The predicted molar refractivity (Wildman–Crippen MR) is 176 cm³/mol. The van der Waals surface area contributed by atoms with Gasteiger partial charge in [-0.25, -0.2) is 0 Å². The van der Waals surface area contributed by atoms with Crippen molar-refractivity contribution in [1.82, 2.24) is 5.32 Å². The van der Waals surface area contributed by atoms with Crippen molar-refractivity contribution in [3.05, 3.63) is 36.4 Å². The number of anilines is 1. The smallest absolute Gasteiger partial charge is 0.311 e. The Morgan fingerprint density at radius 3 is 2.16 bits per heavy atom. The summed E-state index contributed by atoms with van der Waals surface area (Å²) in [5.41, 5.74) is -0.0633. The minimum atomic E-state index is -0.847. The maximum absolute atomic E-state index is 12.8. The molecule has 1 aliphatic rings.